The summed E-state index contributed by atoms with van der Waals surface area (Å²) in [5.41, 5.74) is 5.78. The van der Waals surface area contributed by atoms with E-state index in [2.05, 4.69) is 17.6 Å². The van der Waals surface area contributed by atoms with Crippen LogP contribution in [0.2, 0.25) is 0 Å². The number of primary amides is 1. The van der Waals surface area contributed by atoms with E-state index >= 15 is 0 Å². The van der Waals surface area contributed by atoms with E-state index in [9.17, 15) is 14.7 Å². The number of hydrogen-bond acceptors (Lipinski definition) is 5. The first-order valence-electron chi connectivity index (χ1n) is 17.0. The molecule has 0 saturated carbocycles. The van der Waals surface area contributed by atoms with Crippen LogP contribution in [0, 0.1) is 0 Å². The predicted octanol–water partition coefficient (Wildman–Crippen LogP) is 10.5. The van der Waals surface area contributed by atoms with Gasteiger partial charge < -0.3 is 30.9 Å². The van der Waals surface area contributed by atoms with Gasteiger partial charge in [0.25, 0.3) is 0 Å². The van der Waals surface area contributed by atoms with Gasteiger partial charge in [-0.1, -0.05) is 96.8 Å². The van der Waals surface area contributed by atoms with Crippen molar-refractivity contribution in [3.63, 3.8) is 0 Å². The first-order valence-corrected chi connectivity index (χ1v) is 17.0. The zero-order chi connectivity index (χ0) is 33.2. The molecule has 0 saturated heterocycles. The van der Waals surface area contributed by atoms with Crippen molar-refractivity contribution in [1.29, 1.82) is 0 Å². The Balaban J connectivity index is 0.000000334. The van der Waals surface area contributed by atoms with Gasteiger partial charge in [0.1, 0.15) is 28.7 Å². The topological polar surface area (TPSA) is 123 Å². The Kier molecular flexibility index (Phi) is 19.9. The maximum atomic E-state index is 11.3. The summed E-state index contributed by atoms with van der Waals surface area (Å²) in [6, 6.07) is 20.5. The second kappa shape index (κ2) is 24.1. The number of urea groups is 1. The molecule has 46 heavy (non-hydrogen) atoms. The minimum atomic E-state index is -0.275. The number of unbranched alkanes of at least 4 members (excludes halogenated alkanes) is 14. The van der Waals surface area contributed by atoms with Crippen LogP contribution in [0.25, 0.3) is 0 Å². The summed E-state index contributed by atoms with van der Waals surface area (Å²) in [5, 5.41) is 14.4. The number of phenolic OH excluding ortho intramolecular Hbond substituents is 1. The summed E-state index contributed by atoms with van der Waals surface area (Å²) >= 11 is 0. The molecule has 5 N–H and O–H groups in total. The van der Waals surface area contributed by atoms with Gasteiger partial charge in [-0.25, -0.2) is 4.79 Å². The quantitative estimate of drug-likeness (QED) is 0.0869. The number of nitrogens with one attached hydrogen (secondary N) is 2. The molecule has 0 radical (unpaired) electrons. The van der Waals surface area contributed by atoms with Crippen LogP contribution >= 0.6 is 0 Å². The van der Waals surface area contributed by atoms with Crippen LogP contribution in [0.5, 0.6) is 28.7 Å². The van der Waals surface area contributed by atoms with Crippen molar-refractivity contribution in [2.75, 3.05) is 12.4 Å². The number of hydrogen-bond donors (Lipinski definition) is 4. The third-order valence-corrected chi connectivity index (χ3v) is 7.50. The Labute approximate surface area is 276 Å². The fourth-order valence-electron chi connectivity index (χ4n) is 4.83. The molecule has 0 aliphatic carbocycles. The molecular weight excluding hydrogens is 578 g/mol. The zero-order valence-corrected chi connectivity index (χ0v) is 27.9. The highest BCUT2D eigenvalue weighted by atomic mass is 16.5. The van der Waals surface area contributed by atoms with Crippen molar-refractivity contribution >= 4 is 17.6 Å². The van der Waals surface area contributed by atoms with Crippen molar-refractivity contribution in [1.82, 2.24) is 5.32 Å². The van der Waals surface area contributed by atoms with Gasteiger partial charge in [0.2, 0.25) is 5.91 Å². The average Bonchev–Trinajstić information content (AvgIpc) is 3.06. The number of phenols is 1. The highest BCUT2D eigenvalue weighted by Crippen LogP contribution is 2.28. The zero-order valence-electron chi connectivity index (χ0n) is 27.9. The highest BCUT2D eigenvalue weighted by molar-refractivity contribution is 5.89. The summed E-state index contributed by atoms with van der Waals surface area (Å²) < 4.78 is 11.5. The lowest BCUT2D eigenvalue weighted by molar-refractivity contribution is -0.118. The molecule has 3 aromatic rings. The maximum absolute atomic E-state index is 11.3. The lowest BCUT2D eigenvalue weighted by atomic mass is 10.0. The first-order chi connectivity index (χ1) is 22.4. The third-order valence-electron chi connectivity index (χ3n) is 7.50. The molecule has 0 atom stereocenters. The van der Waals surface area contributed by atoms with Gasteiger partial charge in [0.15, 0.2) is 0 Å². The van der Waals surface area contributed by atoms with Gasteiger partial charge in [-0.2, -0.15) is 0 Å². The summed E-state index contributed by atoms with van der Waals surface area (Å²) in [6.45, 7) is 2.28. The van der Waals surface area contributed by atoms with Crippen molar-refractivity contribution in [2.24, 2.45) is 5.73 Å². The van der Waals surface area contributed by atoms with E-state index in [1.165, 1.54) is 89.9 Å². The van der Waals surface area contributed by atoms with Gasteiger partial charge in [-0.15, -0.1) is 0 Å². The van der Waals surface area contributed by atoms with Crippen molar-refractivity contribution < 1.29 is 24.2 Å². The van der Waals surface area contributed by atoms with Gasteiger partial charge in [0, 0.05) is 19.2 Å². The Morgan fingerprint density at radius 1 is 0.587 bits per heavy atom. The first kappa shape index (κ1) is 38.0. The SMILES string of the molecule is CCCCCCCCCCCCCCCCCC(N)=O.CNC(=O)Nc1ccc(Oc2ccc(Oc3ccc(O)cc3)cc2)cc1. The van der Waals surface area contributed by atoms with Gasteiger partial charge >= 0.3 is 6.03 Å². The largest absolute Gasteiger partial charge is 0.508 e. The van der Waals surface area contributed by atoms with Crippen molar-refractivity contribution in [2.45, 2.75) is 110 Å². The molecular formula is C38H55N3O5. The number of rotatable bonds is 21. The van der Waals surface area contributed by atoms with Crippen molar-refractivity contribution in [3.05, 3.63) is 72.8 Å². The maximum Gasteiger partial charge on any atom is 0.318 e. The lowest BCUT2D eigenvalue weighted by Crippen LogP contribution is -2.24. The van der Waals surface area contributed by atoms with E-state index in [0.717, 1.165) is 6.42 Å². The smallest absolute Gasteiger partial charge is 0.318 e. The fourth-order valence-corrected chi connectivity index (χ4v) is 4.83. The predicted molar refractivity (Wildman–Crippen MR) is 188 cm³/mol. The van der Waals surface area contributed by atoms with Crippen molar-refractivity contribution in [3.8, 4) is 28.7 Å². The summed E-state index contributed by atoms with van der Waals surface area (Å²) in [6.07, 6.45) is 20.9. The second-order valence-corrected chi connectivity index (χ2v) is 11.6. The number of amides is 3. The van der Waals surface area contributed by atoms with Crippen LogP contribution in [-0.4, -0.2) is 24.1 Å². The van der Waals surface area contributed by atoms with Gasteiger partial charge in [-0.3, -0.25) is 4.79 Å². The Morgan fingerprint density at radius 3 is 1.30 bits per heavy atom. The molecule has 252 valence electrons. The summed E-state index contributed by atoms with van der Waals surface area (Å²) in [7, 11) is 1.56. The van der Waals surface area contributed by atoms with Crippen LogP contribution < -0.4 is 25.8 Å². The molecule has 3 rings (SSSR count). The van der Waals surface area contributed by atoms with Crippen LogP contribution in [-0.2, 0) is 4.79 Å². The van der Waals surface area contributed by atoms with Crippen LogP contribution in [0.1, 0.15) is 110 Å². The number of aromatic hydroxyl groups is 1. The second-order valence-electron chi connectivity index (χ2n) is 11.6. The lowest BCUT2D eigenvalue weighted by Gasteiger charge is -2.09. The van der Waals surface area contributed by atoms with E-state index in [1.807, 2.05) is 0 Å². The summed E-state index contributed by atoms with van der Waals surface area (Å²) in [5.74, 6) is 2.65. The minimum Gasteiger partial charge on any atom is -0.508 e. The number of anilines is 1. The van der Waals surface area contributed by atoms with E-state index in [4.69, 9.17) is 15.2 Å². The molecule has 3 amide bonds. The summed E-state index contributed by atoms with van der Waals surface area (Å²) in [4.78, 5) is 21.8. The number of benzene rings is 3. The van der Waals surface area contributed by atoms with Crippen LogP contribution in [0.15, 0.2) is 72.8 Å². The molecule has 0 unspecified atom stereocenters. The molecule has 0 spiro atoms. The van der Waals surface area contributed by atoms with E-state index in [-0.39, 0.29) is 17.7 Å². The number of nitrogens with two attached hydrogens (primary N) is 1. The van der Waals surface area contributed by atoms with E-state index < -0.39 is 0 Å². The standard InChI is InChI=1S/C20H18N2O4.C18H37NO/c1-21-20(24)22-14-2-6-16(7-3-14)25-18-10-12-19(13-11-18)26-17-8-4-15(23)5-9-17;1-2-3-4-5-6-7-8-9-10-11-12-13-14-15-16-17-18(19)20/h2-13,23H,1H3,(H2,21,22,24);2-17H2,1H3,(H2,19,20). The highest BCUT2D eigenvalue weighted by Gasteiger charge is 2.03. The van der Waals surface area contributed by atoms with Gasteiger partial charge in [0.05, 0.1) is 0 Å². The monoisotopic (exact) mass is 633 g/mol. The fraction of sp³-hybridized carbons (Fsp3) is 0.474. The molecule has 3 aromatic carbocycles. The molecule has 8 heteroatoms. The normalized spacial score (nSPS) is 10.4. The number of carbonyl (C=O) groups is 2. The third kappa shape index (κ3) is 18.6. The van der Waals surface area contributed by atoms with Crippen LogP contribution in [0.3, 0.4) is 0 Å². The van der Waals surface area contributed by atoms with E-state index in [1.54, 1.807) is 79.8 Å². The Bertz CT molecular complexity index is 1210. The van der Waals surface area contributed by atoms with E-state index in [0.29, 0.717) is 35.1 Å². The average molecular weight is 634 g/mol. The molecule has 0 bridgehead atoms. The molecule has 0 aliphatic rings. The Hall–Kier alpha value is -4.20. The molecule has 0 heterocycles. The molecule has 0 aromatic heterocycles. The minimum absolute atomic E-state index is 0.153. The Morgan fingerprint density at radius 2 is 0.935 bits per heavy atom. The molecule has 8 nitrogen and oxygen atoms in total. The molecule has 0 fully saturated rings. The van der Waals surface area contributed by atoms with Crippen LogP contribution in [0.4, 0.5) is 10.5 Å². The number of carbonyl (C=O) groups excluding carboxylic acids is 2. The number of ether oxygens (including phenoxy) is 2. The molecule has 0 aliphatic heterocycles. The van der Waals surface area contributed by atoms with Gasteiger partial charge in [-0.05, 0) is 79.2 Å².